The second-order valence-corrected chi connectivity index (χ2v) is 23.3. The van der Waals surface area contributed by atoms with Crippen molar-refractivity contribution >= 4 is 61.9 Å². The zero-order valence-electron chi connectivity index (χ0n) is 26.7. The zero-order chi connectivity index (χ0) is 31.9. The number of carbonyl (C=O) groups excluding carboxylic acids is 1. The van der Waals surface area contributed by atoms with Crippen LogP contribution in [0.3, 0.4) is 0 Å². The molecule has 1 amide bonds. The minimum Gasteiger partial charge on any atom is -0.401 e. The Morgan fingerprint density at radius 2 is 1.75 bits per heavy atom. The number of aromatic nitrogens is 4. The van der Waals surface area contributed by atoms with Gasteiger partial charge in [-0.3, -0.25) is 9.36 Å². The number of benzene rings is 1. The van der Waals surface area contributed by atoms with E-state index in [4.69, 9.17) is 23.6 Å². The summed E-state index contributed by atoms with van der Waals surface area (Å²) in [5.41, 5.74) is 5.06. The topological polar surface area (TPSA) is 110 Å². The van der Waals surface area contributed by atoms with Crippen molar-refractivity contribution in [2.75, 3.05) is 5.32 Å². The first kappa shape index (κ1) is 33.2. The van der Waals surface area contributed by atoms with Gasteiger partial charge in [0.2, 0.25) is 0 Å². The van der Waals surface area contributed by atoms with E-state index in [1.807, 2.05) is 36.6 Å². The molecule has 2 fully saturated rings. The smallest absolute Gasteiger partial charge is 0.256 e. The van der Waals surface area contributed by atoms with Crippen molar-refractivity contribution < 1.29 is 23.4 Å². The Bertz CT molecular complexity index is 1560. The number of rotatable bonds is 9. The van der Waals surface area contributed by atoms with E-state index in [-0.39, 0.29) is 5.91 Å². The number of nitrogens with zero attached hydrogens (tertiary/aromatic N) is 4. The van der Waals surface area contributed by atoms with E-state index in [2.05, 4.69) is 89.8 Å². The second-order valence-electron chi connectivity index (χ2n) is 12.8. The highest BCUT2D eigenvalue weighted by molar-refractivity contribution is 14.1. The van der Waals surface area contributed by atoms with E-state index in [9.17, 15) is 4.79 Å². The van der Waals surface area contributed by atoms with Crippen LogP contribution in [-0.2, 0) is 18.6 Å². The third-order valence-electron chi connectivity index (χ3n) is 8.22. The minimum absolute atomic E-state index is 0.280. The molecule has 10 nitrogen and oxygen atoms in total. The van der Waals surface area contributed by atoms with E-state index >= 15 is 0 Å². The summed E-state index contributed by atoms with van der Waals surface area (Å²) in [6.07, 6.45) is -1.02. The summed E-state index contributed by atoms with van der Waals surface area (Å²) in [6, 6.07) is 12.0. The van der Waals surface area contributed by atoms with Crippen LogP contribution >= 0.6 is 22.6 Å². The average Bonchev–Trinajstić information content (AvgIpc) is 3.61. The predicted octanol–water partition coefficient (Wildman–Crippen LogP) is 6.37. The number of anilines is 1. The number of fused-ring (bicyclic) bond motifs is 2. The van der Waals surface area contributed by atoms with Gasteiger partial charge in [0.25, 0.3) is 5.91 Å². The Morgan fingerprint density at radius 1 is 1.09 bits per heavy atom. The standard InChI is InChI=1S/C31H42IN5O5Si2/c1-9-44(10-2,11-3)42-21(17-18-43(6,7)8)23-24-25(41-31(4,5)40-24)29(39-23)37-27-22(35-30(37)32)26(33-19-34-27)36-28(38)20-15-13-12-14-16-20/h12-16,19,21,23-25,29H,9-11H2,1-8H3,(H,33,34,36,38)/t21-,23-,24-,25-,29-/m1/s1. The van der Waals surface area contributed by atoms with Gasteiger partial charge < -0.3 is 24.0 Å². The molecule has 13 heteroatoms. The first-order valence-corrected chi connectivity index (χ1v) is 22.4. The summed E-state index contributed by atoms with van der Waals surface area (Å²) in [7, 11) is -3.78. The van der Waals surface area contributed by atoms with Crippen molar-refractivity contribution in [1.29, 1.82) is 0 Å². The summed E-state index contributed by atoms with van der Waals surface area (Å²) in [6.45, 7) is 17.2. The van der Waals surface area contributed by atoms with Crippen molar-refractivity contribution in [2.45, 2.75) is 109 Å². The van der Waals surface area contributed by atoms with Gasteiger partial charge in [-0.1, -0.05) is 64.5 Å². The van der Waals surface area contributed by atoms with Crippen molar-refractivity contribution in [3.05, 3.63) is 46.1 Å². The van der Waals surface area contributed by atoms with Gasteiger partial charge >= 0.3 is 0 Å². The molecule has 2 aromatic heterocycles. The molecule has 0 saturated carbocycles. The van der Waals surface area contributed by atoms with Crippen LogP contribution < -0.4 is 5.32 Å². The Labute approximate surface area is 275 Å². The highest BCUT2D eigenvalue weighted by Gasteiger charge is 2.59. The van der Waals surface area contributed by atoms with Gasteiger partial charge in [0.1, 0.15) is 38.8 Å². The van der Waals surface area contributed by atoms with Crippen LogP contribution in [0.1, 0.15) is 51.2 Å². The zero-order valence-corrected chi connectivity index (χ0v) is 30.8. The van der Waals surface area contributed by atoms with Crippen molar-refractivity contribution in [3.63, 3.8) is 0 Å². The molecule has 236 valence electrons. The number of hydrogen-bond donors (Lipinski definition) is 1. The van der Waals surface area contributed by atoms with Crippen LogP contribution in [0, 0.1) is 15.3 Å². The number of amides is 1. The molecular weight excluding hydrogens is 705 g/mol. The number of ether oxygens (including phenoxy) is 3. The van der Waals surface area contributed by atoms with Gasteiger partial charge in [0.15, 0.2) is 41.1 Å². The maximum atomic E-state index is 13.0. The molecule has 5 rings (SSSR count). The molecule has 3 aromatic rings. The van der Waals surface area contributed by atoms with E-state index in [1.54, 1.807) is 12.1 Å². The summed E-state index contributed by atoms with van der Waals surface area (Å²) in [4.78, 5) is 26.7. The third kappa shape index (κ3) is 6.81. The maximum absolute atomic E-state index is 13.0. The number of halogens is 1. The summed E-state index contributed by atoms with van der Waals surface area (Å²) >= 11 is 2.17. The van der Waals surface area contributed by atoms with Crippen molar-refractivity contribution in [1.82, 2.24) is 19.5 Å². The van der Waals surface area contributed by atoms with Gasteiger partial charge in [0, 0.05) is 28.2 Å². The SMILES string of the molecule is CC[Si](CC)(CC)O[C@H](C#C[Si](C)(C)C)[C@H]1O[C@@H](n2c(I)nc3c(NC(=O)c4ccccc4)ncnc32)[C@@H]2OC(C)(C)O[C@@H]21. The quantitative estimate of drug-likeness (QED) is 0.117. The Hall–Kier alpha value is -2.20. The molecule has 2 aliphatic rings. The summed E-state index contributed by atoms with van der Waals surface area (Å²) in [5, 5.41) is 2.90. The lowest BCUT2D eigenvalue weighted by Gasteiger charge is -2.35. The fourth-order valence-corrected chi connectivity index (χ4v) is 9.81. The van der Waals surface area contributed by atoms with E-state index in [0.29, 0.717) is 26.4 Å². The van der Waals surface area contributed by atoms with Crippen molar-refractivity contribution in [2.24, 2.45) is 0 Å². The van der Waals surface area contributed by atoms with Gasteiger partial charge in [-0.2, -0.15) is 0 Å². The maximum Gasteiger partial charge on any atom is 0.256 e. The van der Waals surface area contributed by atoms with Crippen LogP contribution in [-0.4, -0.2) is 72.0 Å². The number of nitrogens with one attached hydrogen (secondary N) is 1. The van der Waals surface area contributed by atoms with Crippen LogP contribution in [0.25, 0.3) is 11.2 Å². The van der Waals surface area contributed by atoms with Crippen LogP contribution in [0.4, 0.5) is 5.82 Å². The minimum atomic E-state index is -2.06. The molecule has 0 bridgehead atoms. The lowest BCUT2D eigenvalue weighted by molar-refractivity contribution is -0.203. The van der Waals surface area contributed by atoms with Gasteiger partial charge in [-0.05, 0) is 44.1 Å². The Morgan fingerprint density at radius 3 is 2.39 bits per heavy atom. The van der Waals surface area contributed by atoms with Gasteiger partial charge in [0.05, 0.1) is 0 Å². The van der Waals surface area contributed by atoms with Crippen molar-refractivity contribution in [3.8, 4) is 11.5 Å². The molecule has 44 heavy (non-hydrogen) atoms. The third-order valence-corrected chi connectivity index (χ3v) is 14.5. The first-order valence-electron chi connectivity index (χ1n) is 15.3. The van der Waals surface area contributed by atoms with Gasteiger partial charge in [-0.15, -0.1) is 5.54 Å². The lowest BCUT2D eigenvalue weighted by atomic mass is 10.1. The van der Waals surface area contributed by atoms with E-state index in [0.717, 1.165) is 18.1 Å². The van der Waals surface area contributed by atoms with E-state index in [1.165, 1.54) is 6.33 Å². The van der Waals surface area contributed by atoms with Crippen LogP contribution in [0.15, 0.2) is 36.7 Å². The fourth-order valence-electron chi connectivity index (χ4n) is 5.76. The van der Waals surface area contributed by atoms with Crippen LogP contribution in [0.2, 0.25) is 37.8 Å². The first-order chi connectivity index (χ1) is 20.8. The lowest BCUT2D eigenvalue weighted by Crippen LogP contribution is -2.47. The largest absolute Gasteiger partial charge is 0.401 e. The number of carbonyl (C=O) groups is 1. The number of imidazole rings is 1. The molecule has 1 aromatic carbocycles. The highest BCUT2D eigenvalue weighted by Crippen LogP contribution is 2.46. The molecule has 1 N–H and O–H groups in total. The molecule has 2 aliphatic heterocycles. The molecular formula is C31H42IN5O5Si2. The molecule has 5 atom stereocenters. The second kappa shape index (κ2) is 12.9. The monoisotopic (exact) mass is 747 g/mol. The van der Waals surface area contributed by atoms with Gasteiger partial charge in [-0.25, -0.2) is 15.0 Å². The molecule has 2 saturated heterocycles. The number of hydrogen-bond acceptors (Lipinski definition) is 8. The summed E-state index contributed by atoms with van der Waals surface area (Å²) in [5.74, 6) is 2.74. The normalized spacial score (nSPS) is 23.7. The molecule has 4 heterocycles. The highest BCUT2D eigenvalue weighted by atomic mass is 127. The predicted molar refractivity (Wildman–Crippen MR) is 183 cm³/mol. The molecule has 0 spiro atoms. The molecule has 0 aliphatic carbocycles. The fraction of sp³-hybridized carbons (Fsp3) is 0.548. The Balaban J connectivity index is 1.55. The Kier molecular flexibility index (Phi) is 9.72. The van der Waals surface area contributed by atoms with Crippen LogP contribution in [0.5, 0.6) is 0 Å². The van der Waals surface area contributed by atoms with E-state index < -0.39 is 52.8 Å². The summed E-state index contributed by atoms with van der Waals surface area (Å²) < 4.78 is 29.5. The average molecular weight is 748 g/mol. The molecule has 0 radical (unpaired) electrons. The molecule has 0 unspecified atom stereocenters.